The van der Waals surface area contributed by atoms with Crippen LogP contribution in [0.25, 0.3) is 0 Å². The number of ether oxygens (including phenoxy) is 2. The fourth-order valence-corrected chi connectivity index (χ4v) is 4.99. The van der Waals surface area contributed by atoms with Gasteiger partial charge in [-0.2, -0.15) is 0 Å². The van der Waals surface area contributed by atoms with E-state index in [-0.39, 0.29) is 17.5 Å². The van der Waals surface area contributed by atoms with E-state index >= 15 is 0 Å². The predicted octanol–water partition coefficient (Wildman–Crippen LogP) is 3.23. The summed E-state index contributed by atoms with van der Waals surface area (Å²) in [5.74, 6) is 0.702. The van der Waals surface area contributed by atoms with E-state index in [9.17, 15) is 9.59 Å². The molecule has 21 heavy (non-hydrogen) atoms. The molecule has 0 aromatic carbocycles. The average Bonchev–Trinajstić information content (AvgIpc) is 2.22. The third-order valence-corrected chi connectivity index (χ3v) is 5.24. The van der Waals surface area contributed by atoms with Gasteiger partial charge in [0.25, 0.3) is 0 Å². The van der Waals surface area contributed by atoms with Crippen LogP contribution in [0.4, 0.5) is 0 Å². The third kappa shape index (κ3) is 2.69. The van der Waals surface area contributed by atoms with Gasteiger partial charge in [-0.15, -0.1) is 0 Å². The Morgan fingerprint density at radius 3 is 1.86 bits per heavy atom. The highest BCUT2D eigenvalue weighted by Gasteiger charge is 2.61. The highest BCUT2D eigenvalue weighted by Crippen LogP contribution is 2.60. The van der Waals surface area contributed by atoms with Crippen LogP contribution >= 0.6 is 0 Å². The standard InChI is InChI=1S/C17H26O4/c1-11(18)20-16-6-12-5-13(7-16)9-17(8-12,10-16)21-14(19)15(2,3)4/h12-13H,5-10H2,1-4H3. The Labute approximate surface area is 126 Å². The maximum absolute atomic E-state index is 12.3. The molecule has 4 nitrogen and oxygen atoms in total. The number of rotatable bonds is 2. The zero-order valence-corrected chi connectivity index (χ0v) is 13.5. The molecule has 0 aromatic rings. The topological polar surface area (TPSA) is 52.6 Å². The van der Waals surface area contributed by atoms with Crippen LogP contribution in [0.5, 0.6) is 0 Å². The summed E-state index contributed by atoms with van der Waals surface area (Å²) in [6.45, 7) is 7.14. The van der Waals surface area contributed by atoms with Gasteiger partial charge < -0.3 is 9.47 Å². The quantitative estimate of drug-likeness (QED) is 0.734. The SMILES string of the molecule is CC(=O)OC12CC3CC(C1)CC(OC(=O)C(C)(C)C)(C3)C2. The number of carbonyl (C=O) groups excluding carboxylic acids is 2. The summed E-state index contributed by atoms with van der Waals surface area (Å²) < 4.78 is 11.7. The van der Waals surface area contributed by atoms with Crippen LogP contribution in [0.2, 0.25) is 0 Å². The lowest BCUT2D eigenvalue weighted by Gasteiger charge is -2.60. The number of esters is 2. The molecule has 0 spiro atoms. The van der Waals surface area contributed by atoms with Gasteiger partial charge in [0.15, 0.2) is 0 Å². The van der Waals surface area contributed by atoms with Crippen LogP contribution < -0.4 is 0 Å². The molecule has 4 aliphatic carbocycles. The monoisotopic (exact) mass is 294 g/mol. The second kappa shape index (κ2) is 4.47. The normalized spacial score (nSPS) is 41.0. The maximum Gasteiger partial charge on any atom is 0.311 e. The minimum absolute atomic E-state index is 0.137. The van der Waals surface area contributed by atoms with Crippen LogP contribution in [0.1, 0.15) is 66.2 Å². The van der Waals surface area contributed by atoms with E-state index in [0.717, 1.165) is 25.7 Å². The molecule has 0 aliphatic heterocycles. The van der Waals surface area contributed by atoms with Crippen molar-refractivity contribution < 1.29 is 19.1 Å². The van der Waals surface area contributed by atoms with E-state index < -0.39 is 11.0 Å². The van der Waals surface area contributed by atoms with Crippen molar-refractivity contribution in [3.63, 3.8) is 0 Å². The molecule has 4 heteroatoms. The van der Waals surface area contributed by atoms with E-state index in [0.29, 0.717) is 18.3 Å². The van der Waals surface area contributed by atoms with Gasteiger partial charge in [-0.25, -0.2) is 0 Å². The molecular formula is C17H26O4. The zero-order chi connectivity index (χ0) is 15.5. The lowest BCUT2D eigenvalue weighted by molar-refractivity contribution is -0.234. The molecular weight excluding hydrogens is 268 g/mol. The van der Waals surface area contributed by atoms with Crippen molar-refractivity contribution >= 4 is 11.9 Å². The molecule has 0 radical (unpaired) electrons. The lowest BCUT2D eigenvalue weighted by Crippen LogP contribution is -2.62. The summed E-state index contributed by atoms with van der Waals surface area (Å²) in [4.78, 5) is 23.8. The Bertz CT molecular complexity index is 460. The van der Waals surface area contributed by atoms with Gasteiger partial charge in [0.1, 0.15) is 11.2 Å². The fraction of sp³-hybridized carbons (Fsp3) is 0.882. The van der Waals surface area contributed by atoms with Crippen molar-refractivity contribution in [2.24, 2.45) is 17.3 Å². The van der Waals surface area contributed by atoms with Gasteiger partial charge in [-0.3, -0.25) is 9.59 Å². The molecule has 2 atom stereocenters. The van der Waals surface area contributed by atoms with E-state index in [1.54, 1.807) is 0 Å². The molecule has 4 bridgehead atoms. The molecule has 4 aliphatic rings. The van der Waals surface area contributed by atoms with Crippen LogP contribution in [0.15, 0.2) is 0 Å². The molecule has 0 saturated heterocycles. The highest BCUT2D eigenvalue weighted by molar-refractivity contribution is 5.76. The van der Waals surface area contributed by atoms with Crippen molar-refractivity contribution in [2.75, 3.05) is 0 Å². The molecule has 0 aromatic heterocycles. The zero-order valence-electron chi connectivity index (χ0n) is 13.5. The molecule has 118 valence electrons. The van der Waals surface area contributed by atoms with E-state index in [2.05, 4.69) is 0 Å². The molecule has 0 amide bonds. The van der Waals surface area contributed by atoms with Crippen molar-refractivity contribution in [1.29, 1.82) is 0 Å². The van der Waals surface area contributed by atoms with E-state index in [4.69, 9.17) is 9.47 Å². The second-order valence-corrected chi connectivity index (χ2v) is 8.56. The van der Waals surface area contributed by atoms with Crippen molar-refractivity contribution in [3.8, 4) is 0 Å². The number of carbonyl (C=O) groups is 2. The van der Waals surface area contributed by atoms with E-state index in [1.165, 1.54) is 13.3 Å². The third-order valence-electron chi connectivity index (χ3n) is 5.24. The maximum atomic E-state index is 12.3. The molecule has 4 saturated carbocycles. The van der Waals surface area contributed by atoms with Crippen LogP contribution in [-0.4, -0.2) is 23.1 Å². The van der Waals surface area contributed by atoms with Gasteiger partial charge >= 0.3 is 11.9 Å². The summed E-state index contributed by atoms with van der Waals surface area (Å²) >= 11 is 0. The molecule has 2 unspecified atom stereocenters. The Morgan fingerprint density at radius 1 is 0.952 bits per heavy atom. The highest BCUT2D eigenvalue weighted by atomic mass is 16.6. The smallest absolute Gasteiger partial charge is 0.311 e. The number of hydrogen-bond donors (Lipinski definition) is 0. The molecule has 0 heterocycles. The molecule has 0 N–H and O–H groups in total. The first-order chi connectivity index (χ1) is 9.62. The van der Waals surface area contributed by atoms with Crippen LogP contribution in [0, 0.1) is 17.3 Å². The van der Waals surface area contributed by atoms with Gasteiger partial charge in [0, 0.05) is 13.3 Å². The minimum Gasteiger partial charge on any atom is -0.459 e. The summed E-state index contributed by atoms with van der Waals surface area (Å²) in [5, 5.41) is 0. The van der Waals surface area contributed by atoms with Crippen molar-refractivity contribution in [1.82, 2.24) is 0 Å². The van der Waals surface area contributed by atoms with Crippen molar-refractivity contribution in [2.45, 2.75) is 77.4 Å². The first kappa shape index (κ1) is 14.9. The van der Waals surface area contributed by atoms with Crippen LogP contribution in [0.3, 0.4) is 0 Å². The first-order valence-electron chi connectivity index (χ1n) is 8.05. The van der Waals surface area contributed by atoms with E-state index in [1.807, 2.05) is 20.8 Å². The Hall–Kier alpha value is -1.06. The summed E-state index contributed by atoms with van der Waals surface area (Å²) in [6.07, 6.45) is 5.64. The Balaban J connectivity index is 1.83. The van der Waals surface area contributed by atoms with Gasteiger partial charge in [-0.1, -0.05) is 0 Å². The Morgan fingerprint density at radius 2 is 1.43 bits per heavy atom. The van der Waals surface area contributed by atoms with Crippen molar-refractivity contribution in [3.05, 3.63) is 0 Å². The van der Waals surface area contributed by atoms with Gasteiger partial charge in [0.2, 0.25) is 0 Å². The largest absolute Gasteiger partial charge is 0.459 e. The summed E-state index contributed by atoms with van der Waals surface area (Å²) in [5.41, 5.74) is -1.27. The molecule has 4 rings (SSSR count). The van der Waals surface area contributed by atoms with Gasteiger partial charge in [-0.05, 0) is 64.7 Å². The minimum atomic E-state index is -0.488. The van der Waals surface area contributed by atoms with Gasteiger partial charge in [0.05, 0.1) is 5.41 Å². The molecule has 4 fully saturated rings. The second-order valence-electron chi connectivity index (χ2n) is 8.56. The summed E-state index contributed by atoms with van der Waals surface area (Å²) in [6, 6.07) is 0. The summed E-state index contributed by atoms with van der Waals surface area (Å²) in [7, 11) is 0. The average molecular weight is 294 g/mol. The lowest BCUT2D eigenvalue weighted by atomic mass is 9.52. The Kier molecular flexibility index (Phi) is 3.16. The fourth-order valence-electron chi connectivity index (χ4n) is 4.99. The van der Waals surface area contributed by atoms with Crippen LogP contribution in [-0.2, 0) is 19.1 Å². The first-order valence-corrected chi connectivity index (χ1v) is 8.05. The number of hydrogen-bond acceptors (Lipinski definition) is 4. The predicted molar refractivity (Wildman–Crippen MR) is 77.5 cm³/mol.